The highest BCUT2D eigenvalue weighted by Gasteiger charge is 2.25. The Kier molecular flexibility index (Phi) is 6.56. The van der Waals surface area contributed by atoms with Crippen molar-refractivity contribution in [2.24, 2.45) is 0 Å². The maximum absolute atomic E-state index is 12.3. The quantitative estimate of drug-likeness (QED) is 0.463. The summed E-state index contributed by atoms with van der Waals surface area (Å²) in [6.45, 7) is 8.62. The predicted molar refractivity (Wildman–Crippen MR) is 122 cm³/mol. The highest BCUT2D eigenvalue weighted by atomic mass is 16.4. The summed E-state index contributed by atoms with van der Waals surface area (Å²) < 4.78 is 1.78. The van der Waals surface area contributed by atoms with E-state index in [9.17, 15) is 9.90 Å². The van der Waals surface area contributed by atoms with E-state index in [4.69, 9.17) is 5.10 Å². The standard InChI is InChI=1S/C26H30N2O2/c1-5-6-7-11-14-22-23(25(29)30)24(19-12-9-8-10-13-19)28(27-22)21-17-15-20(16-18-21)26(2,3)4/h6-10,12-13,15-18H,5,11,14H2,1-4H3,(H,29,30). The summed E-state index contributed by atoms with van der Waals surface area (Å²) in [5.41, 5.74) is 4.50. The molecule has 2 aromatic carbocycles. The molecule has 30 heavy (non-hydrogen) atoms. The number of aromatic carboxylic acids is 1. The Labute approximate surface area is 178 Å². The van der Waals surface area contributed by atoms with Crippen LogP contribution < -0.4 is 0 Å². The fourth-order valence-electron chi connectivity index (χ4n) is 3.52. The summed E-state index contributed by atoms with van der Waals surface area (Å²) in [4.78, 5) is 12.3. The fraction of sp³-hybridized carbons (Fsp3) is 0.308. The monoisotopic (exact) mass is 402 g/mol. The molecule has 4 heteroatoms. The van der Waals surface area contributed by atoms with Gasteiger partial charge >= 0.3 is 5.97 Å². The smallest absolute Gasteiger partial charge is 0.339 e. The van der Waals surface area contributed by atoms with Crippen molar-refractivity contribution in [3.05, 3.63) is 83.6 Å². The molecule has 1 heterocycles. The summed E-state index contributed by atoms with van der Waals surface area (Å²) in [7, 11) is 0. The zero-order valence-electron chi connectivity index (χ0n) is 18.2. The third-order valence-electron chi connectivity index (χ3n) is 5.15. The third kappa shape index (κ3) is 4.70. The fourth-order valence-corrected chi connectivity index (χ4v) is 3.52. The number of hydrogen-bond acceptors (Lipinski definition) is 2. The minimum atomic E-state index is -0.944. The lowest BCUT2D eigenvalue weighted by Crippen LogP contribution is -2.11. The molecular weight excluding hydrogens is 372 g/mol. The minimum absolute atomic E-state index is 0.0495. The third-order valence-corrected chi connectivity index (χ3v) is 5.15. The Morgan fingerprint density at radius 1 is 1.03 bits per heavy atom. The molecule has 1 aromatic heterocycles. The predicted octanol–water partition coefficient (Wildman–Crippen LogP) is 6.43. The van der Waals surface area contributed by atoms with Crippen LogP contribution in [-0.2, 0) is 11.8 Å². The number of aryl methyl sites for hydroxylation is 1. The van der Waals surface area contributed by atoms with Crippen molar-refractivity contribution in [3.8, 4) is 16.9 Å². The van der Waals surface area contributed by atoms with E-state index >= 15 is 0 Å². The normalized spacial score (nSPS) is 11.9. The lowest BCUT2D eigenvalue weighted by atomic mass is 9.87. The van der Waals surface area contributed by atoms with Gasteiger partial charge in [0, 0.05) is 5.56 Å². The molecule has 4 nitrogen and oxygen atoms in total. The van der Waals surface area contributed by atoms with Gasteiger partial charge in [0.05, 0.1) is 17.1 Å². The Morgan fingerprint density at radius 2 is 1.70 bits per heavy atom. The van der Waals surface area contributed by atoms with E-state index in [0.29, 0.717) is 17.8 Å². The van der Waals surface area contributed by atoms with Crippen molar-refractivity contribution >= 4 is 5.97 Å². The van der Waals surface area contributed by atoms with Crippen LogP contribution in [0.15, 0.2) is 66.7 Å². The highest BCUT2D eigenvalue weighted by molar-refractivity contribution is 5.96. The maximum atomic E-state index is 12.3. The molecule has 0 atom stereocenters. The van der Waals surface area contributed by atoms with Gasteiger partial charge in [-0.15, -0.1) is 0 Å². The van der Waals surface area contributed by atoms with Gasteiger partial charge in [0.25, 0.3) is 0 Å². The number of carbonyl (C=O) groups is 1. The number of carboxylic acids is 1. The van der Waals surface area contributed by atoms with Crippen LogP contribution in [0, 0.1) is 0 Å². The molecule has 0 aliphatic carbocycles. The first-order valence-corrected chi connectivity index (χ1v) is 10.5. The van der Waals surface area contributed by atoms with Gasteiger partial charge in [0.1, 0.15) is 5.56 Å². The highest BCUT2D eigenvalue weighted by Crippen LogP contribution is 2.31. The second-order valence-corrected chi connectivity index (χ2v) is 8.47. The van der Waals surface area contributed by atoms with E-state index in [2.05, 4.69) is 52.0 Å². The van der Waals surface area contributed by atoms with Crippen LogP contribution >= 0.6 is 0 Å². The van der Waals surface area contributed by atoms with Crippen molar-refractivity contribution in [3.63, 3.8) is 0 Å². The molecule has 0 spiro atoms. The number of benzene rings is 2. The van der Waals surface area contributed by atoms with Crippen LogP contribution in [0.3, 0.4) is 0 Å². The van der Waals surface area contributed by atoms with Gasteiger partial charge in [-0.3, -0.25) is 0 Å². The van der Waals surface area contributed by atoms with E-state index in [-0.39, 0.29) is 11.0 Å². The average molecular weight is 403 g/mol. The van der Waals surface area contributed by atoms with Crippen LogP contribution in [-0.4, -0.2) is 20.9 Å². The molecule has 1 N–H and O–H groups in total. The molecule has 0 aliphatic heterocycles. The maximum Gasteiger partial charge on any atom is 0.339 e. The van der Waals surface area contributed by atoms with E-state index in [1.54, 1.807) is 4.68 Å². The summed E-state index contributed by atoms with van der Waals surface area (Å²) >= 11 is 0. The van der Waals surface area contributed by atoms with Crippen molar-refractivity contribution in [2.45, 2.75) is 52.4 Å². The molecule has 0 amide bonds. The minimum Gasteiger partial charge on any atom is -0.478 e. The first kappa shape index (κ1) is 21.6. The second kappa shape index (κ2) is 9.12. The van der Waals surface area contributed by atoms with Gasteiger partial charge in [-0.25, -0.2) is 9.48 Å². The van der Waals surface area contributed by atoms with E-state index in [1.807, 2.05) is 42.5 Å². The van der Waals surface area contributed by atoms with Crippen LogP contribution in [0.5, 0.6) is 0 Å². The Bertz CT molecular complexity index is 1020. The molecular formula is C26H30N2O2. The summed E-state index contributed by atoms with van der Waals surface area (Å²) in [5.74, 6) is -0.944. The number of nitrogens with zero attached hydrogens (tertiary/aromatic N) is 2. The average Bonchev–Trinajstić information content (AvgIpc) is 3.11. The van der Waals surface area contributed by atoms with E-state index in [0.717, 1.165) is 24.1 Å². The van der Waals surface area contributed by atoms with Gasteiger partial charge in [0.15, 0.2) is 0 Å². The number of hydrogen-bond donors (Lipinski definition) is 1. The zero-order chi connectivity index (χ0) is 21.7. The molecule has 0 bridgehead atoms. The Morgan fingerprint density at radius 3 is 2.27 bits per heavy atom. The van der Waals surface area contributed by atoms with Gasteiger partial charge in [-0.05, 0) is 42.4 Å². The van der Waals surface area contributed by atoms with E-state index < -0.39 is 5.97 Å². The molecule has 156 valence electrons. The number of carboxylic acid groups (broad SMARTS) is 1. The number of allylic oxidation sites excluding steroid dienone is 2. The molecule has 0 unspecified atom stereocenters. The molecule has 0 radical (unpaired) electrons. The number of rotatable bonds is 7. The summed E-state index contributed by atoms with van der Waals surface area (Å²) in [5, 5.41) is 14.8. The molecule has 3 aromatic rings. The summed E-state index contributed by atoms with van der Waals surface area (Å²) in [6, 6.07) is 17.9. The number of aromatic nitrogens is 2. The van der Waals surface area contributed by atoms with Crippen molar-refractivity contribution in [2.75, 3.05) is 0 Å². The van der Waals surface area contributed by atoms with Crippen molar-refractivity contribution < 1.29 is 9.90 Å². The lowest BCUT2D eigenvalue weighted by Gasteiger charge is -2.19. The van der Waals surface area contributed by atoms with Crippen LogP contribution in [0.25, 0.3) is 16.9 Å². The zero-order valence-corrected chi connectivity index (χ0v) is 18.2. The molecule has 0 fully saturated rings. The van der Waals surface area contributed by atoms with E-state index in [1.165, 1.54) is 5.56 Å². The van der Waals surface area contributed by atoms with Gasteiger partial charge in [-0.1, -0.05) is 82.3 Å². The lowest BCUT2D eigenvalue weighted by molar-refractivity contribution is 0.0696. The Balaban J connectivity index is 2.15. The largest absolute Gasteiger partial charge is 0.478 e. The van der Waals surface area contributed by atoms with Crippen molar-refractivity contribution in [1.82, 2.24) is 9.78 Å². The second-order valence-electron chi connectivity index (χ2n) is 8.47. The van der Waals surface area contributed by atoms with Crippen LogP contribution in [0.1, 0.15) is 62.2 Å². The summed E-state index contributed by atoms with van der Waals surface area (Å²) in [6.07, 6.45) is 6.51. The molecule has 0 saturated carbocycles. The van der Waals surface area contributed by atoms with Gasteiger partial charge in [-0.2, -0.15) is 5.10 Å². The molecule has 0 aliphatic rings. The van der Waals surface area contributed by atoms with Crippen LogP contribution in [0.4, 0.5) is 0 Å². The topological polar surface area (TPSA) is 55.1 Å². The SMILES string of the molecule is CCC=CCCc1nn(-c2ccc(C(C)(C)C)cc2)c(-c2ccccc2)c1C(=O)O. The Hall–Kier alpha value is -3.14. The van der Waals surface area contributed by atoms with Crippen LogP contribution in [0.2, 0.25) is 0 Å². The molecule has 0 saturated heterocycles. The van der Waals surface area contributed by atoms with Gasteiger partial charge in [0.2, 0.25) is 0 Å². The first-order chi connectivity index (χ1) is 14.3. The molecule has 3 rings (SSSR count). The van der Waals surface area contributed by atoms with Crippen molar-refractivity contribution in [1.29, 1.82) is 0 Å². The first-order valence-electron chi connectivity index (χ1n) is 10.5. The van der Waals surface area contributed by atoms with Gasteiger partial charge < -0.3 is 5.11 Å².